The quantitative estimate of drug-likeness (QED) is 0.317. The number of amides is 1. The Morgan fingerprint density at radius 2 is 1.90 bits per heavy atom. The molecule has 0 unspecified atom stereocenters. The van der Waals surface area contributed by atoms with Gasteiger partial charge >= 0.3 is 0 Å². The molecular weight excluding hydrogens is 483 g/mol. The van der Waals surface area contributed by atoms with Crippen molar-refractivity contribution in [1.82, 2.24) is 15.1 Å². The molecule has 2 aromatic rings. The number of nitrogens with one attached hydrogen (secondary N) is 1. The van der Waals surface area contributed by atoms with E-state index < -0.39 is 0 Å². The lowest BCUT2D eigenvalue weighted by molar-refractivity contribution is -0.127. The molecule has 1 heterocycles. The lowest BCUT2D eigenvalue weighted by Gasteiger charge is -2.23. The third kappa shape index (κ3) is 8.76. The number of hydrogen-bond donors (Lipinski definition) is 1. The maximum absolute atomic E-state index is 11.9. The van der Waals surface area contributed by atoms with Gasteiger partial charge in [0, 0.05) is 40.7 Å². The molecule has 0 radical (unpaired) electrons. The van der Waals surface area contributed by atoms with Crippen molar-refractivity contribution < 1.29 is 13.9 Å². The SMILES string of the molecule is CCOc1ccc(CN(C)C(=NCC(=O)N(C)C)NCCc2ccco2)cc1.I. The number of likely N-dealkylation sites (N-methyl/N-ethyl adjacent to an activating group) is 1. The molecule has 0 aliphatic rings. The van der Waals surface area contributed by atoms with E-state index >= 15 is 0 Å². The van der Waals surface area contributed by atoms with Crippen LogP contribution in [0.1, 0.15) is 18.2 Å². The molecule has 7 nitrogen and oxygen atoms in total. The maximum Gasteiger partial charge on any atom is 0.243 e. The summed E-state index contributed by atoms with van der Waals surface area (Å²) in [5.74, 6) is 2.40. The minimum absolute atomic E-state index is 0. The van der Waals surface area contributed by atoms with Crippen LogP contribution in [0.2, 0.25) is 0 Å². The highest BCUT2D eigenvalue weighted by Crippen LogP contribution is 2.13. The Morgan fingerprint density at radius 1 is 1.17 bits per heavy atom. The van der Waals surface area contributed by atoms with Gasteiger partial charge in [-0.15, -0.1) is 24.0 Å². The van der Waals surface area contributed by atoms with Crippen LogP contribution in [0.4, 0.5) is 0 Å². The van der Waals surface area contributed by atoms with Crippen molar-refractivity contribution in [3.63, 3.8) is 0 Å². The molecule has 0 fully saturated rings. The second-order valence-corrected chi connectivity index (χ2v) is 6.62. The zero-order valence-corrected chi connectivity index (χ0v) is 19.9. The van der Waals surface area contributed by atoms with E-state index in [-0.39, 0.29) is 36.4 Å². The molecule has 0 spiro atoms. The summed E-state index contributed by atoms with van der Waals surface area (Å²) in [6.45, 7) is 4.04. The number of guanidine groups is 1. The Bertz CT molecular complexity index is 746. The fourth-order valence-corrected chi connectivity index (χ4v) is 2.55. The first-order valence-electron chi connectivity index (χ1n) is 9.43. The molecule has 0 bridgehead atoms. The molecular formula is C21H31IN4O3. The second-order valence-electron chi connectivity index (χ2n) is 6.62. The summed E-state index contributed by atoms with van der Waals surface area (Å²) in [5, 5.41) is 3.32. The number of halogens is 1. The van der Waals surface area contributed by atoms with Crippen LogP contribution in [0.3, 0.4) is 0 Å². The average molecular weight is 514 g/mol. The van der Waals surface area contributed by atoms with Gasteiger partial charge in [-0.25, -0.2) is 4.99 Å². The van der Waals surface area contributed by atoms with E-state index in [1.807, 2.05) is 55.3 Å². The number of benzene rings is 1. The van der Waals surface area contributed by atoms with Crippen LogP contribution in [-0.2, 0) is 17.8 Å². The van der Waals surface area contributed by atoms with Gasteiger partial charge in [0.05, 0.1) is 12.9 Å². The summed E-state index contributed by atoms with van der Waals surface area (Å²) in [6, 6.07) is 11.8. The van der Waals surface area contributed by atoms with Crippen LogP contribution in [0, 0.1) is 0 Å². The van der Waals surface area contributed by atoms with Gasteiger partial charge in [0.15, 0.2) is 5.96 Å². The number of nitrogens with zero attached hydrogens (tertiary/aromatic N) is 3. The number of rotatable bonds is 9. The van der Waals surface area contributed by atoms with Gasteiger partial charge in [0.1, 0.15) is 18.1 Å². The molecule has 29 heavy (non-hydrogen) atoms. The number of carbonyl (C=O) groups is 1. The maximum atomic E-state index is 11.9. The smallest absolute Gasteiger partial charge is 0.243 e. The monoisotopic (exact) mass is 514 g/mol. The summed E-state index contributed by atoms with van der Waals surface area (Å²) in [7, 11) is 5.41. The first kappa shape index (κ1) is 24.8. The van der Waals surface area contributed by atoms with Crippen LogP contribution in [0.5, 0.6) is 5.75 Å². The standard InChI is InChI=1S/C21H30N4O3.HI/c1-5-27-19-10-8-17(9-11-19)16-25(4)21(23-15-20(26)24(2)3)22-13-12-18-7-6-14-28-18;/h6-11,14H,5,12-13,15-16H2,1-4H3,(H,22,23);1H. The largest absolute Gasteiger partial charge is 0.494 e. The molecule has 0 saturated carbocycles. The van der Waals surface area contributed by atoms with Crippen molar-refractivity contribution in [3.05, 3.63) is 54.0 Å². The van der Waals surface area contributed by atoms with Crippen LogP contribution in [0.25, 0.3) is 0 Å². The van der Waals surface area contributed by atoms with Gasteiger partial charge in [-0.3, -0.25) is 4.79 Å². The van der Waals surface area contributed by atoms with Crippen molar-refractivity contribution in [2.24, 2.45) is 4.99 Å². The summed E-state index contributed by atoms with van der Waals surface area (Å²) in [4.78, 5) is 20.0. The Hall–Kier alpha value is -2.23. The van der Waals surface area contributed by atoms with E-state index in [2.05, 4.69) is 10.3 Å². The van der Waals surface area contributed by atoms with Gasteiger partial charge in [-0.1, -0.05) is 12.1 Å². The molecule has 1 aromatic heterocycles. The molecule has 160 valence electrons. The normalized spacial score (nSPS) is 10.8. The second kappa shape index (κ2) is 13.1. The Labute approximate surface area is 190 Å². The summed E-state index contributed by atoms with van der Waals surface area (Å²) in [6.07, 6.45) is 2.41. The van der Waals surface area contributed by atoms with Gasteiger partial charge in [0.25, 0.3) is 0 Å². The molecule has 1 N–H and O–H groups in total. The highest BCUT2D eigenvalue weighted by Gasteiger charge is 2.10. The fourth-order valence-electron chi connectivity index (χ4n) is 2.55. The van der Waals surface area contributed by atoms with Crippen molar-refractivity contribution >= 4 is 35.8 Å². The van der Waals surface area contributed by atoms with Crippen LogP contribution >= 0.6 is 24.0 Å². The average Bonchev–Trinajstić information content (AvgIpc) is 3.19. The fraction of sp³-hybridized carbons (Fsp3) is 0.429. The van der Waals surface area contributed by atoms with Gasteiger partial charge < -0.3 is 24.3 Å². The van der Waals surface area contributed by atoms with Crippen molar-refractivity contribution in [2.45, 2.75) is 19.9 Å². The highest BCUT2D eigenvalue weighted by atomic mass is 127. The summed E-state index contributed by atoms with van der Waals surface area (Å²) < 4.78 is 10.9. The third-order valence-electron chi connectivity index (χ3n) is 4.11. The minimum atomic E-state index is -0.0419. The Balaban J connectivity index is 0.00000420. The predicted molar refractivity (Wildman–Crippen MR) is 126 cm³/mol. The number of carbonyl (C=O) groups excluding carboxylic acids is 1. The van der Waals surface area contributed by atoms with E-state index in [9.17, 15) is 4.79 Å². The Kier molecular flexibility index (Phi) is 11.2. The molecule has 8 heteroatoms. The van der Waals surface area contributed by atoms with Crippen LogP contribution in [0.15, 0.2) is 52.1 Å². The summed E-state index contributed by atoms with van der Waals surface area (Å²) >= 11 is 0. The van der Waals surface area contributed by atoms with Crippen LogP contribution in [-0.4, -0.2) is 62.5 Å². The number of aliphatic imine (C=N–C) groups is 1. The summed E-state index contributed by atoms with van der Waals surface area (Å²) in [5.41, 5.74) is 1.13. The molecule has 1 aromatic carbocycles. The van der Waals surface area contributed by atoms with Crippen molar-refractivity contribution in [1.29, 1.82) is 0 Å². The Morgan fingerprint density at radius 3 is 2.48 bits per heavy atom. The molecule has 1 amide bonds. The van der Waals surface area contributed by atoms with E-state index in [0.717, 1.165) is 23.5 Å². The third-order valence-corrected chi connectivity index (χ3v) is 4.11. The topological polar surface area (TPSA) is 70.3 Å². The van der Waals surface area contributed by atoms with Gasteiger partial charge in [-0.05, 0) is 36.8 Å². The van der Waals surface area contributed by atoms with E-state index in [1.165, 1.54) is 4.90 Å². The molecule has 0 saturated heterocycles. The van der Waals surface area contributed by atoms with Crippen molar-refractivity contribution in [3.8, 4) is 5.75 Å². The first-order chi connectivity index (χ1) is 13.5. The lowest BCUT2D eigenvalue weighted by Crippen LogP contribution is -2.40. The minimum Gasteiger partial charge on any atom is -0.494 e. The van der Waals surface area contributed by atoms with Crippen molar-refractivity contribution in [2.75, 3.05) is 40.8 Å². The molecule has 0 atom stereocenters. The van der Waals surface area contributed by atoms with E-state index in [0.29, 0.717) is 25.7 Å². The number of hydrogen-bond acceptors (Lipinski definition) is 4. The molecule has 0 aliphatic heterocycles. The van der Waals surface area contributed by atoms with E-state index in [1.54, 1.807) is 20.4 Å². The zero-order valence-electron chi connectivity index (χ0n) is 17.6. The zero-order chi connectivity index (χ0) is 20.4. The predicted octanol–water partition coefficient (Wildman–Crippen LogP) is 3.00. The number of furan rings is 1. The van der Waals surface area contributed by atoms with Gasteiger partial charge in [0.2, 0.25) is 5.91 Å². The van der Waals surface area contributed by atoms with Gasteiger partial charge in [-0.2, -0.15) is 0 Å². The van der Waals surface area contributed by atoms with E-state index in [4.69, 9.17) is 9.15 Å². The first-order valence-corrected chi connectivity index (χ1v) is 9.43. The van der Waals surface area contributed by atoms with Crippen LogP contribution < -0.4 is 10.1 Å². The molecule has 2 rings (SSSR count). The lowest BCUT2D eigenvalue weighted by atomic mass is 10.2. The number of ether oxygens (including phenoxy) is 1. The molecule has 0 aliphatic carbocycles. The highest BCUT2D eigenvalue weighted by molar-refractivity contribution is 14.0.